The third-order valence-electron chi connectivity index (χ3n) is 5.10. The maximum Gasteiger partial charge on any atom is 0.243 e. The summed E-state index contributed by atoms with van der Waals surface area (Å²) in [5, 5.41) is 12.6. The molecule has 1 fully saturated rings. The van der Waals surface area contributed by atoms with Gasteiger partial charge in [-0.05, 0) is 57.2 Å². The average Bonchev–Trinajstić information content (AvgIpc) is 2.73. The first-order chi connectivity index (χ1) is 15.1. The van der Waals surface area contributed by atoms with E-state index in [9.17, 15) is 18.3 Å². The Morgan fingerprint density at radius 2 is 1.72 bits per heavy atom. The van der Waals surface area contributed by atoms with Gasteiger partial charge in [0.05, 0.1) is 29.8 Å². The van der Waals surface area contributed by atoms with E-state index in [0.717, 1.165) is 5.69 Å². The quantitative estimate of drug-likeness (QED) is 0.626. The van der Waals surface area contributed by atoms with Crippen LogP contribution < -0.4 is 10.2 Å². The minimum Gasteiger partial charge on any atom is -0.392 e. The molecule has 3 rings (SSSR count). The number of morpholine rings is 1. The van der Waals surface area contributed by atoms with Gasteiger partial charge in [0.2, 0.25) is 15.9 Å². The highest BCUT2D eigenvalue weighted by Gasteiger charge is 2.32. The van der Waals surface area contributed by atoms with E-state index >= 15 is 0 Å². The fourth-order valence-corrected chi connectivity index (χ4v) is 5.37. The molecule has 0 aliphatic carbocycles. The van der Waals surface area contributed by atoms with Crippen LogP contribution in [0.1, 0.15) is 20.8 Å². The number of rotatable bonds is 8. The normalized spacial score (nSPS) is 20.5. The van der Waals surface area contributed by atoms with Crippen LogP contribution in [-0.4, -0.2) is 68.2 Å². The number of ether oxygens (including phenoxy) is 1. The Hall–Kier alpha value is -2.46. The van der Waals surface area contributed by atoms with Crippen molar-refractivity contribution >= 4 is 27.3 Å². The van der Waals surface area contributed by atoms with Crippen LogP contribution in [0.4, 0.5) is 11.4 Å². The van der Waals surface area contributed by atoms with Gasteiger partial charge in [0.1, 0.15) is 0 Å². The van der Waals surface area contributed by atoms with Crippen LogP contribution in [0.5, 0.6) is 0 Å². The molecule has 0 saturated carbocycles. The van der Waals surface area contributed by atoms with Gasteiger partial charge in [-0.15, -0.1) is 0 Å². The highest BCUT2D eigenvalue weighted by Crippen LogP contribution is 2.22. The molecule has 2 N–H and O–H groups in total. The number of hydrogen-bond acceptors (Lipinski definition) is 6. The molecule has 2 aromatic carbocycles. The van der Waals surface area contributed by atoms with Gasteiger partial charge >= 0.3 is 0 Å². The van der Waals surface area contributed by atoms with E-state index in [1.807, 2.05) is 44.2 Å². The molecule has 2 aromatic rings. The number of hydrogen-bond donors (Lipinski definition) is 2. The lowest BCUT2D eigenvalue weighted by molar-refractivity contribution is -0.115. The lowest BCUT2D eigenvalue weighted by Crippen LogP contribution is -2.48. The molecule has 0 bridgehead atoms. The van der Waals surface area contributed by atoms with Crippen LogP contribution in [0, 0.1) is 0 Å². The molecular weight excluding hydrogens is 430 g/mol. The molecule has 0 radical (unpaired) electrons. The number of nitrogens with one attached hydrogen (secondary N) is 1. The topological polar surface area (TPSA) is 99.2 Å². The van der Waals surface area contributed by atoms with Crippen molar-refractivity contribution in [3.8, 4) is 0 Å². The number of sulfonamides is 1. The number of anilines is 2. The van der Waals surface area contributed by atoms with E-state index < -0.39 is 16.1 Å². The Labute approximate surface area is 189 Å². The lowest BCUT2D eigenvalue weighted by atomic mass is 10.2. The maximum absolute atomic E-state index is 13.0. The third-order valence-corrected chi connectivity index (χ3v) is 6.95. The summed E-state index contributed by atoms with van der Waals surface area (Å²) >= 11 is 0. The molecule has 3 atom stereocenters. The maximum atomic E-state index is 13.0. The molecule has 0 spiro atoms. The number of carbonyl (C=O) groups is 1. The Kier molecular flexibility index (Phi) is 7.89. The summed E-state index contributed by atoms with van der Waals surface area (Å²) < 4.78 is 33.0. The second kappa shape index (κ2) is 10.4. The molecule has 1 heterocycles. The zero-order valence-electron chi connectivity index (χ0n) is 18.6. The minimum atomic E-state index is -3.64. The van der Waals surface area contributed by atoms with E-state index in [1.165, 1.54) is 16.4 Å². The van der Waals surface area contributed by atoms with Crippen molar-refractivity contribution in [2.75, 3.05) is 36.4 Å². The van der Waals surface area contributed by atoms with Gasteiger partial charge in [0.15, 0.2) is 0 Å². The Morgan fingerprint density at radius 1 is 1.12 bits per heavy atom. The largest absolute Gasteiger partial charge is 0.392 e. The van der Waals surface area contributed by atoms with Crippen LogP contribution in [0.3, 0.4) is 0 Å². The van der Waals surface area contributed by atoms with Gasteiger partial charge in [-0.3, -0.25) is 4.79 Å². The second-order valence-electron chi connectivity index (χ2n) is 8.22. The number of aliphatic hydroxyl groups excluding tert-OH is 1. The predicted molar refractivity (Wildman–Crippen MR) is 124 cm³/mol. The number of aliphatic hydroxyl groups is 1. The highest BCUT2D eigenvalue weighted by atomic mass is 32.2. The summed E-state index contributed by atoms with van der Waals surface area (Å²) in [6.07, 6.45) is -0.930. The Balaban J connectivity index is 1.66. The van der Waals surface area contributed by atoms with Crippen molar-refractivity contribution in [2.24, 2.45) is 0 Å². The third kappa shape index (κ3) is 6.29. The average molecular weight is 462 g/mol. The summed E-state index contributed by atoms with van der Waals surface area (Å²) in [5.41, 5.74) is 1.33. The van der Waals surface area contributed by atoms with E-state index in [-0.39, 0.29) is 29.6 Å². The summed E-state index contributed by atoms with van der Waals surface area (Å²) in [6, 6.07) is 15.6. The van der Waals surface area contributed by atoms with Crippen LogP contribution in [0.25, 0.3) is 0 Å². The molecule has 1 aliphatic heterocycles. The molecule has 8 nitrogen and oxygen atoms in total. The summed E-state index contributed by atoms with van der Waals surface area (Å²) in [6.45, 7) is 6.36. The number of nitrogens with zero attached hydrogens (tertiary/aromatic N) is 2. The number of carbonyl (C=O) groups excluding carboxylic acids is 1. The molecule has 9 heteroatoms. The van der Waals surface area contributed by atoms with Gasteiger partial charge in [0, 0.05) is 31.0 Å². The molecule has 1 amide bonds. The zero-order chi connectivity index (χ0) is 23.3. The van der Waals surface area contributed by atoms with Crippen molar-refractivity contribution in [3.05, 3.63) is 54.6 Å². The van der Waals surface area contributed by atoms with Crippen LogP contribution in [-0.2, 0) is 19.6 Å². The first-order valence-corrected chi connectivity index (χ1v) is 12.1. The van der Waals surface area contributed by atoms with Crippen molar-refractivity contribution < 1.29 is 23.1 Å². The number of benzene rings is 2. The SMILES string of the molecule is CC(O)CN(CC(=O)Nc1ccc(S(=O)(=O)N2CC(C)OC(C)C2)cc1)c1ccccc1. The molecule has 1 aliphatic rings. The molecule has 0 aromatic heterocycles. The van der Waals surface area contributed by atoms with Gasteiger partial charge in [-0.1, -0.05) is 18.2 Å². The first-order valence-electron chi connectivity index (χ1n) is 10.7. The first kappa shape index (κ1) is 24.2. The fraction of sp³-hybridized carbons (Fsp3) is 0.435. The lowest BCUT2D eigenvalue weighted by Gasteiger charge is -2.34. The summed E-state index contributed by atoms with van der Waals surface area (Å²) in [7, 11) is -3.64. The van der Waals surface area contributed by atoms with Gasteiger partial charge in [0.25, 0.3) is 0 Å². The van der Waals surface area contributed by atoms with E-state index in [4.69, 9.17) is 4.74 Å². The van der Waals surface area contributed by atoms with E-state index in [0.29, 0.717) is 25.3 Å². The second-order valence-corrected chi connectivity index (χ2v) is 10.2. The van der Waals surface area contributed by atoms with Crippen molar-refractivity contribution in [2.45, 2.75) is 44.0 Å². The predicted octanol–water partition coefficient (Wildman–Crippen LogP) is 2.31. The zero-order valence-corrected chi connectivity index (χ0v) is 19.5. The van der Waals surface area contributed by atoms with Gasteiger partial charge < -0.3 is 20.1 Å². The monoisotopic (exact) mass is 461 g/mol. The van der Waals surface area contributed by atoms with Crippen molar-refractivity contribution in [1.82, 2.24) is 4.31 Å². The molecule has 1 saturated heterocycles. The fourth-order valence-electron chi connectivity index (χ4n) is 3.78. The molecular formula is C23H31N3O5S. The standard InChI is InChI=1S/C23H31N3O5S/c1-17(27)13-25(21-7-5-4-6-8-21)16-23(28)24-20-9-11-22(12-10-20)32(29,30)26-14-18(2)31-19(3)15-26/h4-12,17-19,27H,13-16H2,1-3H3,(H,24,28). The smallest absolute Gasteiger partial charge is 0.243 e. The Bertz CT molecular complexity index is 986. The molecule has 3 unspecified atom stereocenters. The van der Waals surface area contributed by atoms with Crippen LogP contribution in [0.2, 0.25) is 0 Å². The summed E-state index contributed by atoms with van der Waals surface area (Å²) in [5.74, 6) is -0.263. The minimum absolute atomic E-state index is 0.0541. The van der Waals surface area contributed by atoms with Gasteiger partial charge in [-0.2, -0.15) is 4.31 Å². The number of amides is 1. The summed E-state index contributed by atoms with van der Waals surface area (Å²) in [4.78, 5) is 14.6. The van der Waals surface area contributed by atoms with E-state index in [2.05, 4.69) is 5.32 Å². The molecule has 174 valence electrons. The van der Waals surface area contributed by atoms with Crippen molar-refractivity contribution in [3.63, 3.8) is 0 Å². The molecule has 32 heavy (non-hydrogen) atoms. The number of para-hydroxylation sites is 1. The van der Waals surface area contributed by atoms with Crippen LogP contribution >= 0.6 is 0 Å². The van der Waals surface area contributed by atoms with Crippen molar-refractivity contribution in [1.29, 1.82) is 0 Å². The van der Waals surface area contributed by atoms with E-state index in [1.54, 1.807) is 24.0 Å². The Morgan fingerprint density at radius 3 is 2.28 bits per heavy atom. The van der Waals surface area contributed by atoms with Crippen LogP contribution in [0.15, 0.2) is 59.5 Å². The van der Waals surface area contributed by atoms with Gasteiger partial charge in [-0.25, -0.2) is 8.42 Å². The highest BCUT2D eigenvalue weighted by molar-refractivity contribution is 7.89.